The summed E-state index contributed by atoms with van der Waals surface area (Å²) in [5.41, 5.74) is 2.33. The molecule has 1 aliphatic heterocycles. The van der Waals surface area contributed by atoms with E-state index in [1.165, 1.54) is 0 Å². The van der Waals surface area contributed by atoms with Crippen LogP contribution in [0, 0.1) is 0 Å². The molecule has 2 heterocycles. The molecule has 0 radical (unpaired) electrons. The van der Waals surface area contributed by atoms with Crippen molar-refractivity contribution in [2.45, 2.75) is 19.4 Å². The standard InChI is InChI=1S/C20H18N2O3/c1-13(10-14-6-9-18-19(11-14)25-12-24-18)21-20(23)17-8-7-15-4-2-3-5-16(15)22-17/h2-9,11,13H,10,12H2,1H3,(H,21,23). The van der Waals surface area contributed by atoms with Crippen LogP contribution in [-0.4, -0.2) is 23.7 Å². The fraction of sp³-hybridized carbons (Fsp3) is 0.200. The normalized spacial score (nSPS) is 13.6. The Morgan fingerprint density at radius 3 is 2.88 bits per heavy atom. The number of rotatable bonds is 4. The summed E-state index contributed by atoms with van der Waals surface area (Å²) in [6, 6.07) is 17.2. The van der Waals surface area contributed by atoms with Crippen LogP contribution < -0.4 is 14.8 Å². The van der Waals surface area contributed by atoms with Crippen molar-refractivity contribution in [2.24, 2.45) is 0 Å². The van der Waals surface area contributed by atoms with Crippen LogP contribution in [0.1, 0.15) is 23.0 Å². The third-order valence-electron chi connectivity index (χ3n) is 4.19. The van der Waals surface area contributed by atoms with Gasteiger partial charge in [-0.15, -0.1) is 0 Å². The molecule has 0 aliphatic carbocycles. The lowest BCUT2D eigenvalue weighted by molar-refractivity contribution is 0.0935. The molecule has 0 spiro atoms. The van der Waals surface area contributed by atoms with Gasteiger partial charge in [0.15, 0.2) is 11.5 Å². The number of aromatic nitrogens is 1. The molecule has 3 aromatic rings. The van der Waals surface area contributed by atoms with Gasteiger partial charge < -0.3 is 14.8 Å². The van der Waals surface area contributed by atoms with E-state index in [4.69, 9.17) is 9.47 Å². The van der Waals surface area contributed by atoms with E-state index in [0.29, 0.717) is 12.1 Å². The molecule has 2 aromatic carbocycles. The number of para-hydroxylation sites is 1. The predicted octanol–water partition coefficient (Wildman–Crippen LogP) is 3.32. The summed E-state index contributed by atoms with van der Waals surface area (Å²) < 4.78 is 10.7. The predicted molar refractivity (Wildman–Crippen MR) is 94.9 cm³/mol. The summed E-state index contributed by atoms with van der Waals surface area (Å²) in [6.45, 7) is 2.24. The summed E-state index contributed by atoms with van der Waals surface area (Å²) in [5, 5.41) is 4.02. The van der Waals surface area contributed by atoms with E-state index < -0.39 is 0 Å². The van der Waals surface area contributed by atoms with E-state index in [2.05, 4.69) is 10.3 Å². The highest BCUT2D eigenvalue weighted by atomic mass is 16.7. The Morgan fingerprint density at radius 2 is 1.96 bits per heavy atom. The van der Waals surface area contributed by atoms with E-state index in [-0.39, 0.29) is 18.7 Å². The second-order valence-corrected chi connectivity index (χ2v) is 6.16. The molecular formula is C20H18N2O3. The van der Waals surface area contributed by atoms with Gasteiger partial charge in [0.1, 0.15) is 5.69 Å². The molecule has 0 saturated carbocycles. The SMILES string of the molecule is CC(Cc1ccc2c(c1)OCO2)NC(=O)c1ccc2ccccc2n1. The number of ether oxygens (including phenoxy) is 2. The number of fused-ring (bicyclic) bond motifs is 2. The van der Waals surface area contributed by atoms with Crippen molar-refractivity contribution >= 4 is 16.8 Å². The van der Waals surface area contributed by atoms with Crippen LogP contribution in [0.4, 0.5) is 0 Å². The van der Waals surface area contributed by atoms with Gasteiger partial charge in [-0.25, -0.2) is 4.98 Å². The topological polar surface area (TPSA) is 60.5 Å². The maximum Gasteiger partial charge on any atom is 0.270 e. The monoisotopic (exact) mass is 334 g/mol. The number of benzene rings is 2. The summed E-state index contributed by atoms with van der Waals surface area (Å²) >= 11 is 0. The second-order valence-electron chi connectivity index (χ2n) is 6.16. The number of hydrogen-bond acceptors (Lipinski definition) is 4. The highest BCUT2D eigenvalue weighted by molar-refractivity contribution is 5.95. The van der Waals surface area contributed by atoms with Crippen LogP contribution in [0.2, 0.25) is 0 Å². The minimum atomic E-state index is -0.168. The first-order chi connectivity index (χ1) is 12.2. The highest BCUT2D eigenvalue weighted by Gasteiger charge is 2.16. The average molecular weight is 334 g/mol. The van der Waals surface area contributed by atoms with Gasteiger partial charge in [0.05, 0.1) is 5.52 Å². The number of carbonyl (C=O) groups is 1. The van der Waals surface area contributed by atoms with Gasteiger partial charge in [0, 0.05) is 11.4 Å². The highest BCUT2D eigenvalue weighted by Crippen LogP contribution is 2.32. The van der Waals surface area contributed by atoms with Crippen LogP contribution in [0.5, 0.6) is 11.5 Å². The number of hydrogen-bond donors (Lipinski definition) is 1. The Hall–Kier alpha value is -3.08. The Morgan fingerprint density at radius 1 is 1.12 bits per heavy atom. The maximum atomic E-state index is 12.5. The number of amides is 1. The molecule has 5 heteroatoms. The first kappa shape index (κ1) is 15.4. The van der Waals surface area contributed by atoms with E-state index in [1.54, 1.807) is 6.07 Å². The molecule has 4 rings (SSSR count). The maximum absolute atomic E-state index is 12.5. The molecule has 1 N–H and O–H groups in total. The van der Waals surface area contributed by atoms with Crippen molar-refractivity contribution in [3.8, 4) is 11.5 Å². The van der Waals surface area contributed by atoms with Crippen LogP contribution in [0.3, 0.4) is 0 Å². The zero-order chi connectivity index (χ0) is 17.2. The first-order valence-corrected chi connectivity index (χ1v) is 8.24. The molecule has 1 unspecified atom stereocenters. The summed E-state index contributed by atoms with van der Waals surface area (Å²) in [4.78, 5) is 16.9. The van der Waals surface area contributed by atoms with Gasteiger partial charge in [0.2, 0.25) is 6.79 Å². The van der Waals surface area contributed by atoms with Gasteiger partial charge in [-0.3, -0.25) is 4.79 Å². The van der Waals surface area contributed by atoms with E-state index in [9.17, 15) is 4.79 Å². The number of nitrogens with one attached hydrogen (secondary N) is 1. The smallest absolute Gasteiger partial charge is 0.270 e. The fourth-order valence-corrected chi connectivity index (χ4v) is 2.96. The quantitative estimate of drug-likeness (QED) is 0.795. The Labute approximate surface area is 145 Å². The zero-order valence-corrected chi connectivity index (χ0v) is 13.9. The molecular weight excluding hydrogens is 316 g/mol. The average Bonchev–Trinajstić information content (AvgIpc) is 3.09. The molecule has 25 heavy (non-hydrogen) atoms. The Kier molecular flexibility index (Phi) is 3.98. The van der Waals surface area contributed by atoms with Crippen LogP contribution in [0.25, 0.3) is 10.9 Å². The summed E-state index contributed by atoms with van der Waals surface area (Å²) in [7, 11) is 0. The molecule has 126 valence electrons. The minimum absolute atomic E-state index is 0.0267. The lowest BCUT2D eigenvalue weighted by Gasteiger charge is -2.14. The van der Waals surface area contributed by atoms with E-state index >= 15 is 0 Å². The molecule has 0 fully saturated rings. The molecule has 0 bridgehead atoms. The van der Waals surface area contributed by atoms with Crippen LogP contribution >= 0.6 is 0 Å². The van der Waals surface area contributed by atoms with Gasteiger partial charge >= 0.3 is 0 Å². The molecule has 0 saturated heterocycles. The lowest BCUT2D eigenvalue weighted by atomic mass is 10.1. The molecule has 1 aromatic heterocycles. The third kappa shape index (κ3) is 3.26. The van der Waals surface area contributed by atoms with Crippen molar-refractivity contribution in [1.82, 2.24) is 10.3 Å². The molecule has 5 nitrogen and oxygen atoms in total. The number of carbonyl (C=O) groups excluding carboxylic acids is 1. The minimum Gasteiger partial charge on any atom is -0.454 e. The van der Waals surface area contributed by atoms with Crippen LogP contribution in [-0.2, 0) is 6.42 Å². The fourth-order valence-electron chi connectivity index (χ4n) is 2.96. The van der Waals surface area contributed by atoms with Gasteiger partial charge in [0.25, 0.3) is 5.91 Å². The first-order valence-electron chi connectivity index (χ1n) is 8.24. The van der Waals surface area contributed by atoms with E-state index in [1.807, 2.05) is 55.5 Å². The van der Waals surface area contributed by atoms with Gasteiger partial charge in [-0.05, 0) is 43.2 Å². The van der Waals surface area contributed by atoms with Crippen molar-refractivity contribution in [3.63, 3.8) is 0 Å². The van der Waals surface area contributed by atoms with E-state index in [0.717, 1.165) is 28.0 Å². The Balaban J connectivity index is 1.44. The van der Waals surface area contributed by atoms with Crippen LogP contribution in [0.15, 0.2) is 54.6 Å². The summed E-state index contributed by atoms with van der Waals surface area (Å²) in [5.74, 6) is 1.35. The third-order valence-corrected chi connectivity index (χ3v) is 4.19. The zero-order valence-electron chi connectivity index (χ0n) is 13.9. The number of nitrogens with zero attached hydrogens (tertiary/aromatic N) is 1. The van der Waals surface area contributed by atoms with Crippen molar-refractivity contribution in [2.75, 3.05) is 6.79 Å². The van der Waals surface area contributed by atoms with Crippen molar-refractivity contribution in [1.29, 1.82) is 0 Å². The van der Waals surface area contributed by atoms with Crippen molar-refractivity contribution < 1.29 is 14.3 Å². The van der Waals surface area contributed by atoms with Gasteiger partial charge in [-0.1, -0.05) is 30.3 Å². The number of pyridine rings is 1. The second kappa shape index (κ2) is 6.43. The molecule has 1 atom stereocenters. The largest absolute Gasteiger partial charge is 0.454 e. The van der Waals surface area contributed by atoms with Crippen molar-refractivity contribution in [3.05, 3.63) is 65.9 Å². The lowest BCUT2D eigenvalue weighted by Crippen LogP contribution is -2.34. The molecule has 1 amide bonds. The molecule has 1 aliphatic rings. The Bertz CT molecular complexity index is 939. The van der Waals surface area contributed by atoms with Gasteiger partial charge in [-0.2, -0.15) is 0 Å². The summed E-state index contributed by atoms with van der Waals surface area (Å²) in [6.07, 6.45) is 0.704.